The lowest BCUT2D eigenvalue weighted by atomic mass is 10.0. The SMILES string of the molecule is CCCN(CC)CCN1C(=O)C(C)NC1C1CCCC1. The number of likely N-dealkylation sites (N-methyl/N-ethyl adjacent to an activating group) is 1. The van der Waals surface area contributed by atoms with Crippen LogP contribution in [0.25, 0.3) is 0 Å². The average molecular weight is 281 g/mol. The second kappa shape index (κ2) is 7.41. The first-order chi connectivity index (χ1) is 9.67. The lowest BCUT2D eigenvalue weighted by molar-refractivity contribution is -0.130. The summed E-state index contributed by atoms with van der Waals surface area (Å²) in [6, 6.07) is 0.00171. The van der Waals surface area contributed by atoms with Gasteiger partial charge in [-0.1, -0.05) is 26.7 Å². The van der Waals surface area contributed by atoms with Crippen LogP contribution in [-0.2, 0) is 4.79 Å². The highest BCUT2D eigenvalue weighted by atomic mass is 16.2. The minimum Gasteiger partial charge on any atom is -0.324 e. The number of amides is 1. The zero-order valence-electron chi connectivity index (χ0n) is 13.4. The van der Waals surface area contributed by atoms with Crippen molar-refractivity contribution in [2.45, 2.75) is 65.1 Å². The fourth-order valence-corrected chi connectivity index (χ4v) is 3.71. The van der Waals surface area contributed by atoms with E-state index in [1.165, 1.54) is 32.1 Å². The summed E-state index contributed by atoms with van der Waals surface area (Å²) in [5.41, 5.74) is 0. The van der Waals surface area contributed by atoms with Gasteiger partial charge in [0, 0.05) is 13.1 Å². The normalized spacial score (nSPS) is 28.0. The van der Waals surface area contributed by atoms with Crippen LogP contribution in [0, 0.1) is 5.92 Å². The van der Waals surface area contributed by atoms with E-state index >= 15 is 0 Å². The first-order valence-electron chi connectivity index (χ1n) is 8.46. The Morgan fingerprint density at radius 3 is 2.55 bits per heavy atom. The van der Waals surface area contributed by atoms with E-state index in [0.29, 0.717) is 18.0 Å². The molecule has 0 radical (unpaired) electrons. The van der Waals surface area contributed by atoms with Gasteiger partial charge in [-0.2, -0.15) is 0 Å². The molecule has 4 nitrogen and oxygen atoms in total. The molecule has 116 valence electrons. The van der Waals surface area contributed by atoms with Crippen LogP contribution in [0.3, 0.4) is 0 Å². The number of nitrogens with zero attached hydrogens (tertiary/aromatic N) is 2. The topological polar surface area (TPSA) is 35.6 Å². The molecule has 20 heavy (non-hydrogen) atoms. The molecule has 2 rings (SSSR count). The van der Waals surface area contributed by atoms with E-state index in [1.54, 1.807) is 0 Å². The Hall–Kier alpha value is -0.610. The molecule has 1 aliphatic heterocycles. The molecule has 0 bridgehead atoms. The van der Waals surface area contributed by atoms with E-state index in [9.17, 15) is 4.79 Å². The second-order valence-corrected chi connectivity index (χ2v) is 6.34. The highest BCUT2D eigenvalue weighted by Gasteiger charge is 2.40. The molecule has 0 aromatic heterocycles. The molecular weight excluding hydrogens is 250 g/mol. The molecule has 2 unspecified atom stereocenters. The lowest BCUT2D eigenvalue weighted by Crippen LogP contribution is -2.46. The van der Waals surface area contributed by atoms with Gasteiger partial charge in [0.1, 0.15) is 0 Å². The quantitative estimate of drug-likeness (QED) is 0.776. The molecule has 2 atom stereocenters. The third-order valence-electron chi connectivity index (χ3n) is 4.90. The maximum absolute atomic E-state index is 12.4. The van der Waals surface area contributed by atoms with Crippen LogP contribution in [0.2, 0.25) is 0 Å². The van der Waals surface area contributed by atoms with Crippen LogP contribution in [0.4, 0.5) is 0 Å². The Bertz CT molecular complexity index is 315. The van der Waals surface area contributed by atoms with Crippen molar-refractivity contribution < 1.29 is 4.79 Å². The van der Waals surface area contributed by atoms with Gasteiger partial charge in [0.25, 0.3) is 0 Å². The Labute approximate surface area is 123 Å². The van der Waals surface area contributed by atoms with Crippen LogP contribution in [0.15, 0.2) is 0 Å². The largest absolute Gasteiger partial charge is 0.324 e. The summed E-state index contributed by atoms with van der Waals surface area (Å²) in [5, 5.41) is 3.53. The zero-order chi connectivity index (χ0) is 14.5. The summed E-state index contributed by atoms with van der Waals surface area (Å²) in [7, 11) is 0. The van der Waals surface area contributed by atoms with E-state index in [2.05, 4.69) is 29.0 Å². The van der Waals surface area contributed by atoms with Crippen molar-refractivity contribution in [1.82, 2.24) is 15.1 Å². The molecule has 2 fully saturated rings. The van der Waals surface area contributed by atoms with Gasteiger partial charge in [0.05, 0.1) is 12.2 Å². The smallest absolute Gasteiger partial charge is 0.240 e. The predicted octanol–water partition coefficient (Wildman–Crippen LogP) is 2.05. The zero-order valence-corrected chi connectivity index (χ0v) is 13.4. The summed E-state index contributed by atoms with van der Waals surface area (Å²) >= 11 is 0. The van der Waals surface area contributed by atoms with Crippen LogP contribution >= 0.6 is 0 Å². The van der Waals surface area contributed by atoms with Crippen molar-refractivity contribution in [3.05, 3.63) is 0 Å². The molecule has 1 heterocycles. The number of hydrogen-bond donors (Lipinski definition) is 1. The Balaban J connectivity index is 1.93. The number of carbonyl (C=O) groups excluding carboxylic acids is 1. The molecular formula is C16H31N3O. The van der Waals surface area contributed by atoms with Gasteiger partial charge in [-0.05, 0) is 45.2 Å². The van der Waals surface area contributed by atoms with Crippen LogP contribution in [-0.4, -0.2) is 54.1 Å². The summed E-state index contributed by atoms with van der Waals surface area (Å²) < 4.78 is 0. The van der Waals surface area contributed by atoms with E-state index in [0.717, 1.165) is 26.2 Å². The molecule has 2 aliphatic rings. The maximum Gasteiger partial charge on any atom is 0.240 e. The standard InChI is InChI=1S/C16H31N3O/c1-4-10-18(5-2)11-12-19-15(14-8-6-7-9-14)17-13(3)16(19)20/h13-15,17H,4-12H2,1-3H3. The third kappa shape index (κ3) is 3.53. The monoisotopic (exact) mass is 281 g/mol. The Morgan fingerprint density at radius 1 is 1.25 bits per heavy atom. The van der Waals surface area contributed by atoms with Crippen molar-refractivity contribution in [3.8, 4) is 0 Å². The summed E-state index contributed by atoms with van der Waals surface area (Å²) in [6.07, 6.45) is 6.69. The Morgan fingerprint density at radius 2 is 1.95 bits per heavy atom. The number of hydrogen-bond acceptors (Lipinski definition) is 3. The number of carbonyl (C=O) groups is 1. The highest BCUT2D eigenvalue weighted by Crippen LogP contribution is 2.31. The summed E-state index contributed by atoms with van der Waals surface area (Å²) in [6.45, 7) is 10.5. The van der Waals surface area contributed by atoms with Gasteiger partial charge in [-0.3, -0.25) is 10.1 Å². The van der Waals surface area contributed by atoms with Gasteiger partial charge in [0.2, 0.25) is 5.91 Å². The van der Waals surface area contributed by atoms with Gasteiger partial charge in [0.15, 0.2) is 0 Å². The maximum atomic E-state index is 12.4. The lowest BCUT2D eigenvalue weighted by Gasteiger charge is -2.31. The minimum absolute atomic E-state index is 0.00171. The molecule has 1 N–H and O–H groups in total. The van der Waals surface area contributed by atoms with Crippen molar-refractivity contribution in [1.29, 1.82) is 0 Å². The van der Waals surface area contributed by atoms with Crippen molar-refractivity contribution in [3.63, 3.8) is 0 Å². The second-order valence-electron chi connectivity index (χ2n) is 6.34. The summed E-state index contributed by atoms with van der Waals surface area (Å²) in [5.74, 6) is 0.972. The van der Waals surface area contributed by atoms with Crippen molar-refractivity contribution in [2.24, 2.45) is 5.92 Å². The first kappa shape index (κ1) is 15.8. The van der Waals surface area contributed by atoms with Gasteiger partial charge < -0.3 is 9.80 Å². The molecule has 1 saturated carbocycles. The average Bonchev–Trinajstić information content (AvgIpc) is 3.05. The third-order valence-corrected chi connectivity index (χ3v) is 4.90. The molecule has 0 aromatic carbocycles. The molecule has 1 saturated heterocycles. The molecule has 0 aromatic rings. The molecule has 4 heteroatoms. The van der Waals surface area contributed by atoms with Crippen molar-refractivity contribution in [2.75, 3.05) is 26.2 Å². The fraction of sp³-hybridized carbons (Fsp3) is 0.938. The van der Waals surface area contributed by atoms with Crippen molar-refractivity contribution >= 4 is 5.91 Å². The van der Waals surface area contributed by atoms with E-state index < -0.39 is 0 Å². The Kier molecular flexibility index (Phi) is 5.85. The molecule has 1 amide bonds. The number of nitrogens with one attached hydrogen (secondary N) is 1. The summed E-state index contributed by atoms with van der Waals surface area (Å²) in [4.78, 5) is 16.9. The van der Waals surface area contributed by atoms with Gasteiger partial charge in [-0.25, -0.2) is 0 Å². The number of rotatable bonds is 7. The van der Waals surface area contributed by atoms with Crippen LogP contribution < -0.4 is 5.32 Å². The first-order valence-corrected chi connectivity index (χ1v) is 8.46. The molecule has 1 aliphatic carbocycles. The van der Waals surface area contributed by atoms with Crippen LogP contribution in [0.5, 0.6) is 0 Å². The van der Waals surface area contributed by atoms with E-state index in [1.807, 2.05) is 6.92 Å². The van der Waals surface area contributed by atoms with E-state index in [4.69, 9.17) is 0 Å². The minimum atomic E-state index is 0.00171. The van der Waals surface area contributed by atoms with Crippen LogP contribution in [0.1, 0.15) is 52.9 Å². The molecule has 0 spiro atoms. The predicted molar refractivity (Wildman–Crippen MR) is 82.5 cm³/mol. The fourth-order valence-electron chi connectivity index (χ4n) is 3.71. The van der Waals surface area contributed by atoms with E-state index in [-0.39, 0.29) is 6.04 Å². The van der Waals surface area contributed by atoms with Gasteiger partial charge >= 0.3 is 0 Å². The van der Waals surface area contributed by atoms with Gasteiger partial charge in [-0.15, -0.1) is 0 Å². The highest BCUT2D eigenvalue weighted by molar-refractivity contribution is 5.84.